The van der Waals surface area contributed by atoms with Crippen LogP contribution >= 0.6 is 0 Å². The number of sulfonamides is 1. The lowest BCUT2D eigenvalue weighted by Crippen LogP contribution is -2.58. The average Bonchev–Trinajstić information content (AvgIpc) is 2.30. The largest absolute Gasteiger partial charge is 0.399 e. The van der Waals surface area contributed by atoms with Gasteiger partial charge >= 0.3 is 0 Å². The van der Waals surface area contributed by atoms with Crippen LogP contribution in [0, 0.1) is 11.6 Å². The monoisotopic (exact) mass is 319 g/mol. The van der Waals surface area contributed by atoms with Gasteiger partial charge in [0, 0.05) is 30.9 Å². The van der Waals surface area contributed by atoms with Gasteiger partial charge in [-0.2, -0.15) is 4.31 Å². The summed E-state index contributed by atoms with van der Waals surface area (Å²) in [5.74, 6) is -2.33. The molecule has 0 aromatic heterocycles. The van der Waals surface area contributed by atoms with Gasteiger partial charge in [0.25, 0.3) is 0 Å². The van der Waals surface area contributed by atoms with Gasteiger partial charge in [0.1, 0.15) is 11.6 Å². The van der Waals surface area contributed by atoms with Gasteiger partial charge < -0.3 is 5.73 Å². The molecule has 0 unspecified atom stereocenters. The number of halogens is 2. The van der Waals surface area contributed by atoms with Gasteiger partial charge in [-0.25, -0.2) is 17.2 Å². The molecule has 0 atom stereocenters. The first kappa shape index (κ1) is 16.1. The van der Waals surface area contributed by atoms with E-state index in [1.54, 1.807) is 0 Å². The first-order chi connectivity index (χ1) is 9.55. The molecule has 0 saturated carbocycles. The highest BCUT2D eigenvalue weighted by molar-refractivity contribution is 7.89. The highest BCUT2D eigenvalue weighted by Crippen LogP contribution is 2.28. The predicted octanol–water partition coefficient (Wildman–Crippen LogP) is 1.26. The molecule has 118 valence electrons. The van der Waals surface area contributed by atoms with Crippen LogP contribution in [0.25, 0.3) is 0 Å². The molecule has 1 heterocycles. The lowest BCUT2D eigenvalue weighted by Gasteiger charge is -2.44. The molecule has 0 bridgehead atoms. The number of likely N-dealkylation sites (N-methyl/N-ethyl adjacent to an activating group) is 1. The first-order valence-electron chi connectivity index (χ1n) is 6.51. The fourth-order valence-corrected chi connectivity index (χ4v) is 4.03. The van der Waals surface area contributed by atoms with E-state index >= 15 is 0 Å². The summed E-state index contributed by atoms with van der Waals surface area (Å²) in [6.45, 7) is 4.60. The number of anilines is 1. The highest BCUT2D eigenvalue weighted by Gasteiger charge is 2.39. The van der Waals surface area contributed by atoms with E-state index in [4.69, 9.17) is 5.73 Å². The van der Waals surface area contributed by atoms with Crippen LogP contribution in [-0.2, 0) is 10.0 Å². The van der Waals surface area contributed by atoms with Crippen LogP contribution in [0.3, 0.4) is 0 Å². The summed E-state index contributed by atoms with van der Waals surface area (Å²) in [6.07, 6.45) is 0. The molecule has 2 N–H and O–H groups in total. The smallest absolute Gasteiger partial charge is 0.249 e. The van der Waals surface area contributed by atoms with Crippen LogP contribution in [0.4, 0.5) is 14.5 Å². The summed E-state index contributed by atoms with van der Waals surface area (Å²) in [4.78, 5) is 1.08. The SMILES string of the molecule is CN1CCN(S(=O)(=O)c2c(F)cc(N)cc2F)CC1(C)C. The molecule has 0 spiro atoms. The number of benzene rings is 1. The van der Waals surface area contributed by atoms with Crippen molar-refractivity contribution in [3.63, 3.8) is 0 Å². The van der Waals surface area contributed by atoms with Gasteiger partial charge in [-0.3, -0.25) is 4.90 Å². The Kier molecular flexibility index (Phi) is 3.98. The van der Waals surface area contributed by atoms with Crippen LogP contribution in [0.15, 0.2) is 17.0 Å². The Balaban J connectivity index is 2.44. The summed E-state index contributed by atoms with van der Waals surface area (Å²) in [5.41, 5.74) is 4.76. The zero-order valence-corrected chi connectivity index (χ0v) is 13.0. The fourth-order valence-electron chi connectivity index (χ4n) is 2.36. The van der Waals surface area contributed by atoms with Crippen LogP contribution in [-0.4, -0.2) is 49.8 Å². The predicted molar refractivity (Wildman–Crippen MR) is 76.2 cm³/mol. The van der Waals surface area contributed by atoms with Gasteiger partial charge in [-0.1, -0.05) is 0 Å². The molecule has 21 heavy (non-hydrogen) atoms. The van der Waals surface area contributed by atoms with Crippen molar-refractivity contribution in [3.8, 4) is 0 Å². The summed E-state index contributed by atoms with van der Waals surface area (Å²) in [7, 11) is -2.35. The highest BCUT2D eigenvalue weighted by atomic mass is 32.2. The minimum absolute atomic E-state index is 0.150. The van der Waals surface area contributed by atoms with E-state index in [-0.39, 0.29) is 18.8 Å². The van der Waals surface area contributed by atoms with Crippen LogP contribution in [0.2, 0.25) is 0 Å². The third-order valence-electron chi connectivity index (χ3n) is 3.90. The molecule has 1 aromatic rings. The molecule has 0 aliphatic carbocycles. The van der Waals surface area contributed by atoms with Crippen LogP contribution in [0.5, 0.6) is 0 Å². The summed E-state index contributed by atoms with van der Waals surface area (Å²) < 4.78 is 53.9. The molecule has 1 fully saturated rings. The Labute approximate surface area is 123 Å². The molecular weight excluding hydrogens is 300 g/mol. The van der Waals surface area contributed by atoms with Gasteiger partial charge in [0.05, 0.1) is 0 Å². The van der Waals surface area contributed by atoms with Crippen molar-refractivity contribution in [1.82, 2.24) is 9.21 Å². The Morgan fingerprint density at radius 3 is 2.19 bits per heavy atom. The quantitative estimate of drug-likeness (QED) is 0.834. The van der Waals surface area contributed by atoms with E-state index in [1.807, 2.05) is 25.8 Å². The standard InChI is InChI=1S/C13H19F2N3O2S/c1-13(2)8-18(5-4-17(13)3)21(19,20)12-10(14)6-9(16)7-11(12)15/h6-7H,4-5,8,16H2,1-3H3. The van der Waals surface area contributed by atoms with Crippen LogP contribution in [0.1, 0.15) is 13.8 Å². The Bertz CT molecular complexity index is 638. The van der Waals surface area contributed by atoms with E-state index in [1.165, 1.54) is 0 Å². The van der Waals surface area contributed by atoms with Crippen molar-refractivity contribution in [1.29, 1.82) is 0 Å². The first-order valence-corrected chi connectivity index (χ1v) is 7.95. The number of rotatable bonds is 2. The molecule has 1 aromatic carbocycles. The minimum atomic E-state index is -4.23. The van der Waals surface area contributed by atoms with Gasteiger partial charge in [0.15, 0.2) is 4.90 Å². The van der Waals surface area contributed by atoms with Gasteiger partial charge in [-0.15, -0.1) is 0 Å². The molecule has 0 amide bonds. The van der Waals surface area contributed by atoms with Crippen LogP contribution < -0.4 is 5.73 Å². The second-order valence-electron chi connectivity index (χ2n) is 5.89. The molecule has 1 saturated heterocycles. The van der Waals surface area contributed by atoms with E-state index < -0.39 is 32.1 Å². The number of hydrogen-bond acceptors (Lipinski definition) is 4. The minimum Gasteiger partial charge on any atom is -0.399 e. The Morgan fingerprint density at radius 2 is 1.71 bits per heavy atom. The lowest BCUT2D eigenvalue weighted by atomic mass is 10.0. The normalized spacial score (nSPS) is 20.6. The maximum Gasteiger partial charge on any atom is 0.249 e. The summed E-state index contributed by atoms with van der Waals surface area (Å²) in [5, 5.41) is 0. The van der Waals surface area contributed by atoms with E-state index in [0.717, 1.165) is 16.4 Å². The number of nitrogens with zero attached hydrogens (tertiary/aromatic N) is 2. The van der Waals surface area contributed by atoms with E-state index in [2.05, 4.69) is 0 Å². The van der Waals surface area contributed by atoms with Crippen molar-refractivity contribution >= 4 is 15.7 Å². The number of nitrogens with two attached hydrogens (primary N) is 1. The second-order valence-corrected chi connectivity index (χ2v) is 7.76. The van der Waals surface area contributed by atoms with Crippen molar-refractivity contribution < 1.29 is 17.2 Å². The maximum atomic E-state index is 13.9. The molecular formula is C13H19F2N3O2S. The number of piperazine rings is 1. The van der Waals surface area contributed by atoms with Crippen molar-refractivity contribution in [3.05, 3.63) is 23.8 Å². The number of nitrogen functional groups attached to an aromatic ring is 1. The van der Waals surface area contributed by atoms with Crippen molar-refractivity contribution in [2.75, 3.05) is 32.4 Å². The van der Waals surface area contributed by atoms with Gasteiger partial charge in [0.2, 0.25) is 10.0 Å². The molecule has 8 heteroatoms. The molecule has 1 aliphatic rings. The second kappa shape index (κ2) is 5.19. The summed E-state index contributed by atoms with van der Waals surface area (Å²) >= 11 is 0. The third kappa shape index (κ3) is 2.88. The number of hydrogen-bond donors (Lipinski definition) is 1. The Hall–Kier alpha value is -1.25. The molecule has 5 nitrogen and oxygen atoms in total. The third-order valence-corrected chi connectivity index (χ3v) is 5.80. The zero-order valence-electron chi connectivity index (χ0n) is 12.2. The van der Waals surface area contributed by atoms with E-state index in [9.17, 15) is 17.2 Å². The van der Waals surface area contributed by atoms with Gasteiger partial charge in [-0.05, 0) is 33.0 Å². The average molecular weight is 319 g/mol. The topological polar surface area (TPSA) is 66.6 Å². The zero-order chi connectivity index (χ0) is 16.0. The van der Waals surface area contributed by atoms with Crippen molar-refractivity contribution in [2.24, 2.45) is 0 Å². The van der Waals surface area contributed by atoms with Crippen molar-refractivity contribution in [2.45, 2.75) is 24.3 Å². The Morgan fingerprint density at radius 1 is 1.19 bits per heavy atom. The molecule has 2 rings (SSSR count). The maximum absolute atomic E-state index is 13.9. The summed E-state index contributed by atoms with van der Waals surface area (Å²) in [6, 6.07) is 1.63. The lowest BCUT2D eigenvalue weighted by molar-refractivity contribution is 0.0799. The van der Waals surface area contributed by atoms with E-state index in [0.29, 0.717) is 6.54 Å². The molecule has 0 radical (unpaired) electrons. The fraction of sp³-hybridized carbons (Fsp3) is 0.538. The molecule has 1 aliphatic heterocycles.